The van der Waals surface area contributed by atoms with Gasteiger partial charge in [-0.05, 0) is 66.4 Å². The summed E-state index contributed by atoms with van der Waals surface area (Å²) in [6.07, 6.45) is 2.46. The summed E-state index contributed by atoms with van der Waals surface area (Å²) in [5, 5.41) is 9.85. The van der Waals surface area contributed by atoms with Crippen LogP contribution < -0.4 is 4.74 Å². The molecule has 0 aliphatic carbocycles. The molecule has 3 rings (SSSR count). The molecule has 0 spiro atoms. The van der Waals surface area contributed by atoms with Gasteiger partial charge in [0.05, 0.1) is 0 Å². The van der Waals surface area contributed by atoms with Gasteiger partial charge in [-0.3, -0.25) is 4.57 Å². The maximum atomic E-state index is 13.6. The van der Waals surface area contributed by atoms with Crippen molar-refractivity contribution in [2.24, 2.45) is 0 Å². The summed E-state index contributed by atoms with van der Waals surface area (Å²) in [5.41, 5.74) is 3.19. The van der Waals surface area contributed by atoms with Crippen molar-refractivity contribution < 1.29 is 19.0 Å². The van der Waals surface area contributed by atoms with Gasteiger partial charge in [0, 0.05) is 12.4 Å². The molecule has 0 unspecified atom stereocenters. The van der Waals surface area contributed by atoms with E-state index >= 15 is 0 Å². The van der Waals surface area contributed by atoms with E-state index in [9.17, 15) is 14.3 Å². The van der Waals surface area contributed by atoms with E-state index in [1.807, 2.05) is 26.0 Å². The molecule has 3 aromatic rings. The molecule has 0 saturated carbocycles. The van der Waals surface area contributed by atoms with Crippen LogP contribution in [0.15, 0.2) is 54.9 Å². The van der Waals surface area contributed by atoms with Crippen LogP contribution in [0, 0.1) is 19.7 Å². The summed E-state index contributed by atoms with van der Waals surface area (Å²) in [4.78, 5) is 12.1. The third kappa shape index (κ3) is 3.01. The van der Waals surface area contributed by atoms with E-state index in [0.717, 1.165) is 22.3 Å². The molecule has 24 heavy (non-hydrogen) atoms. The number of benzene rings is 2. The largest absolute Gasteiger partial charge is 0.507 e. The van der Waals surface area contributed by atoms with Crippen molar-refractivity contribution in [1.29, 1.82) is 0 Å². The number of para-hydroxylation sites is 1. The molecule has 1 heterocycles. The van der Waals surface area contributed by atoms with Crippen LogP contribution in [0.25, 0.3) is 11.1 Å². The number of carbonyl (C=O) groups excluding carboxylic acids is 1. The first-order valence-corrected chi connectivity index (χ1v) is 7.41. The van der Waals surface area contributed by atoms with Crippen LogP contribution in [0.5, 0.6) is 11.5 Å². The second-order valence-electron chi connectivity index (χ2n) is 5.56. The molecule has 1 aromatic heterocycles. The fraction of sp³-hybridized carbons (Fsp3) is 0.105. The molecule has 0 fully saturated rings. The molecule has 0 radical (unpaired) electrons. The third-order valence-electron chi connectivity index (χ3n) is 3.76. The fourth-order valence-corrected chi connectivity index (χ4v) is 2.48. The van der Waals surface area contributed by atoms with Gasteiger partial charge in [0.2, 0.25) is 0 Å². The number of carbonyl (C=O) groups is 1. The number of hydrogen-bond acceptors (Lipinski definition) is 3. The number of ether oxygens (including phenoxy) is 1. The van der Waals surface area contributed by atoms with E-state index in [-0.39, 0.29) is 11.5 Å². The molecule has 5 heteroatoms. The highest BCUT2D eigenvalue weighted by molar-refractivity contribution is 5.76. The van der Waals surface area contributed by atoms with Gasteiger partial charge in [0.15, 0.2) is 11.6 Å². The number of nitrogens with zero attached hydrogens (tertiary/aromatic N) is 1. The topological polar surface area (TPSA) is 51.5 Å². The number of rotatable bonds is 2. The van der Waals surface area contributed by atoms with Crippen LogP contribution in [-0.2, 0) is 0 Å². The Labute approximate surface area is 138 Å². The first kappa shape index (κ1) is 15.8. The Balaban J connectivity index is 1.85. The monoisotopic (exact) mass is 325 g/mol. The van der Waals surface area contributed by atoms with Crippen molar-refractivity contribution >= 4 is 6.09 Å². The highest BCUT2D eigenvalue weighted by Crippen LogP contribution is 2.29. The third-order valence-corrected chi connectivity index (χ3v) is 3.76. The average Bonchev–Trinajstić information content (AvgIpc) is 3.04. The van der Waals surface area contributed by atoms with Gasteiger partial charge in [-0.1, -0.05) is 12.1 Å². The Kier molecular flexibility index (Phi) is 4.08. The van der Waals surface area contributed by atoms with Gasteiger partial charge < -0.3 is 9.84 Å². The highest BCUT2D eigenvalue weighted by Gasteiger charge is 2.13. The van der Waals surface area contributed by atoms with E-state index in [2.05, 4.69) is 0 Å². The van der Waals surface area contributed by atoms with Gasteiger partial charge in [0.25, 0.3) is 0 Å². The van der Waals surface area contributed by atoms with Crippen molar-refractivity contribution in [2.45, 2.75) is 13.8 Å². The van der Waals surface area contributed by atoms with Crippen LogP contribution in [0.1, 0.15) is 11.1 Å². The minimum atomic E-state index is -0.696. The summed E-state index contributed by atoms with van der Waals surface area (Å²) in [7, 11) is 0. The van der Waals surface area contributed by atoms with Crippen LogP contribution in [0.3, 0.4) is 0 Å². The number of hydrogen-bond donors (Lipinski definition) is 1. The molecule has 1 N–H and O–H groups in total. The van der Waals surface area contributed by atoms with Crippen molar-refractivity contribution in [2.75, 3.05) is 0 Å². The molecule has 0 amide bonds. The van der Waals surface area contributed by atoms with Crippen molar-refractivity contribution in [3.05, 3.63) is 71.8 Å². The fourth-order valence-electron chi connectivity index (χ4n) is 2.48. The predicted molar refractivity (Wildman–Crippen MR) is 88.8 cm³/mol. The van der Waals surface area contributed by atoms with Crippen LogP contribution in [0.2, 0.25) is 0 Å². The number of phenols is 1. The Morgan fingerprint density at radius 2 is 1.75 bits per heavy atom. The second-order valence-corrected chi connectivity index (χ2v) is 5.56. The molecule has 0 aliphatic rings. The number of aromatic hydroxyl groups is 1. The lowest BCUT2D eigenvalue weighted by Gasteiger charge is -2.07. The van der Waals surface area contributed by atoms with Crippen molar-refractivity contribution in [3.8, 4) is 22.6 Å². The van der Waals surface area contributed by atoms with Crippen molar-refractivity contribution in [3.63, 3.8) is 0 Å². The lowest BCUT2D eigenvalue weighted by atomic mass is 10.0. The molecule has 0 atom stereocenters. The molecular formula is C19H16FNO3. The van der Waals surface area contributed by atoms with Crippen LogP contribution >= 0.6 is 0 Å². The summed E-state index contributed by atoms with van der Waals surface area (Å²) < 4.78 is 19.9. The minimum Gasteiger partial charge on any atom is -0.507 e. The highest BCUT2D eigenvalue weighted by atomic mass is 19.1. The number of aryl methyl sites for hydroxylation is 2. The van der Waals surface area contributed by atoms with Crippen LogP contribution in [-0.4, -0.2) is 15.8 Å². The molecular weight excluding hydrogens is 309 g/mol. The van der Waals surface area contributed by atoms with Gasteiger partial charge in [0.1, 0.15) is 5.75 Å². The minimum absolute atomic E-state index is 0.117. The average molecular weight is 325 g/mol. The number of halogens is 1. The maximum Gasteiger partial charge on any atom is 0.423 e. The molecule has 2 aromatic carbocycles. The van der Waals surface area contributed by atoms with Gasteiger partial charge >= 0.3 is 6.09 Å². The molecule has 0 aliphatic heterocycles. The Bertz CT molecular complexity index is 891. The normalized spacial score (nSPS) is 10.6. The van der Waals surface area contributed by atoms with E-state index in [4.69, 9.17) is 4.74 Å². The van der Waals surface area contributed by atoms with Gasteiger partial charge in [-0.15, -0.1) is 0 Å². The SMILES string of the molecule is Cc1cc(-c2ccn(C(=O)Oc3ccccc3F)c2)cc(C)c1O. The number of phenolic OH excluding ortho intramolecular Hbond substituents is 1. The zero-order valence-electron chi connectivity index (χ0n) is 13.3. The van der Waals surface area contributed by atoms with Gasteiger partial charge in [-0.2, -0.15) is 0 Å². The zero-order valence-corrected chi connectivity index (χ0v) is 13.3. The van der Waals surface area contributed by atoms with E-state index in [0.29, 0.717) is 0 Å². The zero-order chi connectivity index (χ0) is 17.3. The molecule has 122 valence electrons. The van der Waals surface area contributed by atoms with Crippen LogP contribution in [0.4, 0.5) is 9.18 Å². The number of aromatic nitrogens is 1. The summed E-state index contributed by atoms with van der Waals surface area (Å²) in [6.45, 7) is 3.63. The second kappa shape index (κ2) is 6.20. The first-order chi connectivity index (χ1) is 11.5. The maximum absolute atomic E-state index is 13.6. The summed E-state index contributed by atoms with van der Waals surface area (Å²) >= 11 is 0. The summed E-state index contributed by atoms with van der Waals surface area (Å²) in [6, 6.07) is 11.2. The van der Waals surface area contributed by atoms with E-state index in [1.165, 1.54) is 22.8 Å². The Morgan fingerprint density at radius 1 is 1.08 bits per heavy atom. The van der Waals surface area contributed by atoms with E-state index in [1.54, 1.807) is 24.5 Å². The molecule has 0 bridgehead atoms. The predicted octanol–water partition coefficient (Wildman–Crippen LogP) is 4.66. The standard InChI is InChI=1S/C19H16FNO3/c1-12-9-15(10-13(2)18(12)22)14-7-8-21(11-14)19(23)24-17-6-4-3-5-16(17)20/h3-11,22H,1-2H3. The van der Waals surface area contributed by atoms with E-state index < -0.39 is 11.9 Å². The lowest BCUT2D eigenvalue weighted by Crippen LogP contribution is -2.15. The lowest BCUT2D eigenvalue weighted by molar-refractivity contribution is 0.200. The smallest absolute Gasteiger partial charge is 0.423 e. The molecule has 4 nitrogen and oxygen atoms in total. The first-order valence-electron chi connectivity index (χ1n) is 7.41. The summed E-state index contributed by atoms with van der Waals surface area (Å²) in [5.74, 6) is -0.450. The quantitative estimate of drug-likeness (QED) is 0.745. The van der Waals surface area contributed by atoms with Crippen molar-refractivity contribution in [1.82, 2.24) is 4.57 Å². The molecule has 0 saturated heterocycles. The van der Waals surface area contributed by atoms with Gasteiger partial charge in [-0.25, -0.2) is 9.18 Å². The Morgan fingerprint density at radius 3 is 2.42 bits per heavy atom. The Hall–Kier alpha value is -3.08.